The van der Waals surface area contributed by atoms with E-state index in [0.717, 1.165) is 5.56 Å². The van der Waals surface area contributed by atoms with Gasteiger partial charge in [0.1, 0.15) is 35.5 Å². The first kappa shape index (κ1) is 63.3. The van der Waals surface area contributed by atoms with Gasteiger partial charge in [-0.15, -0.1) is 0 Å². The minimum Gasteiger partial charge on any atom is -0.382 e. The summed E-state index contributed by atoms with van der Waals surface area (Å²) in [5.41, 5.74) is -1.28. The molecule has 6 N–H and O–H groups in total. The number of ketones is 2. The van der Waals surface area contributed by atoms with E-state index in [-0.39, 0.29) is 99.0 Å². The Morgan fingerprint density at radius 3 is 1.67 bits per heavy atom. The molecular weight excluding hydrogens is 1070 g/mol. The van der Waals surface area contributed by atoms with Crippen molar-refractivity contribution in [1.29, 1.82) is 0 Å². The number of aryl methyl sites for hydroxylation is 1. The van der Waals surface area contributed by atoms with Gasteiger partial charge in [-0.2, -0.15) is 0 Å². The van der Waals surface area contributed by atoms with Crippen molar-refractivity contribution in [2.45, 2.75) is 147 Å². The molecule has 3 saturated heterocycles. The summed E-state index contributed by atoms with van der Waals surface area (Å²) in [5, 5.41) is 24.7. The van der Waals surface area contributed by atoms with Gasteiger partial charge in [0.2, 0.25) is 23.6 Å². The third kappa shape index (κ3) is 18.6. The van der Waals surface area contributed by atoms with Gasteiger partial charge in [0.25, 0.3) is 11.8 Å². The summed E-state index contributed by atoms with van der Waals surface area (Å²) in [4.78, 5) is 118. The largest absolute Gasteiger partial charge is 0.382 e. The number of benzene rings is 1. The number of amides is 6. The van der Waals surface area contributed by atoms with Gasteiger partial charge in [0.05, 0.1) is 51.7 Å². The lowest BCUT2D eigenvalue weighted by atomic mass is 9.89. The summed E-state index contributed by atoms with van der Waals surface area (Å²) in [6, 6.07) is 10.5. The van der Waals surface area contributed by atoms with Crippen LogP contribution in [0.2, 0.25) is 0 Å². The minimum atomic E-state index is -1.32. The minimum absolute atomic E-state index is 0.000411. The number of rotatable bonds is 33. The molecule has 3 aromatic heterocycles. The van der Waals surface area contributed by atoms with Crippen LogP contribution in [0.4, 0.5) is 0 Å². The average molecular weight is 1150 g/mol. The Balaban J connectivity index is 0.983. The molecule has 24 heteroatoms. The second kappa shape index (κ2) is 29.3. The number of pyridine rings is 1. The van der Waals surface area contributed by atoms with Gasteiger partial charge in [-0.05, 0) is 68.1 Å². The van der Waals surface area contributed by atoms with Crippen molar-refractivity contribution in [3.63, 3.8) is 0 Å². The Morgan fingerprint density at radius 1 is 0.602 bits per heavy atom. The highest BCUT2D eigenvalue weighted by Crippen LogP contribution is 2.36. The van der Waals surface area contributed by atoms with Gasteiger partial charge in [-0.1, -0.05) is 88.3 Å². The number of Topliss-reactive ketones (excluding diaryl/α,β-unsaturated/α-hetero) is 2. The molecule has 24 nitrogen and oxygen atoms in total. The van der Waals surface area contributed by atoms with E-state index in [1.807, 2.05) is 71.9 Å². The maximum absolute atomic E-state index is 14.4. The van der Waals surface area contributed by atoms with Gasteiger partial charge < -0.3 is 59.9 Å². The lowest BCUT2D eigenvalue weighted by Gasteiger charge is -2.27. The topological polar surface area (TPSA) is 320 Å². The number of epoxide rings is 2. The SMILES string of the molecule is COCC(NC(=O)C(CC(C)C)NC(=O)c1cc(CN2CCOCC2)on1)C(=O)NC(CC(C)C)C(=O)[C@@]1(CCc2cc(C(=O)NC(Cc3ccccn3)C(=O)N[C@@H](Cc3ccccc3)C(=O)NC(CC(C)C)C(=O)[C@@]3(C)CO3)no2)CO1. The molecule has 0 saturated carbocycles. The second-order valence-electron chi connectivity index (χ2n) is 23.1. The number of carbonyl (C=O) groups excluding carboxylic acids is 8. The van der Waals surface area contributed by atoms with Crippen LogP contribution in [0.3, 0.4) is 0 Å². The molecule has 83 heavy (non-hydrogen) atoms. The number of carbonyl (C=O) groups is 8. The Labute approximate surface area is 483 Å². The molecule has 5 unspecified atom stereocenters. The Bertz CT molecular complexity index is 2840. The van der Waals surface area contributed by atoms with Crippen LogP contribution in [0.1, 0.15) is 118 Å². The second-order valence-corrected chi connectivity index (χ2v) is 23.1. The van der Waals surface area contributed by atoms with E-state index in [1.54, 1.807) is 31.3 Å². The zero-order valence-corrected chi connectivity index (χ0v) is 48.7. The molecule has 3 aliphatic heterocycles. The number of methoxy groups -OCH3 is 1. The van der Waals surface area contributed by atoms with Gasteiger partial charge in [-0.3, -0.25) is 48.2 Å². The van der Waals surface area contributed by atoms with Crippen molar-refractivity contribution in [2.24, 2.45) is 17.8 Å². The predicted molar refractivity (Wildman–Crippen MR) is 299 cm³/mol. The van der Waals surface area contributed by atoms with Gasteiger partial charge in [0.15, 0.2) is 34.3 Å². The number of hydrogen-bond acceptors (Lipinski definition) is 18. The van der Waals surface area contributed by atoms with Gasteiger partial charge >= 0.3 is 0 Å². The van der Waals surface area contributed by atoms with Crippen LogP contribution in [-0.4, -0.2) is 168 Å². The van der Waals surface area contributed by atoms with Crippen LogP contribution in [0.25, 0.3) is 0 Å². The smallest absolute Gasteiger partial charge is 0.274 e. The number of aromatic nitrogens is 3. The van der Waals surface area contributed by atoms with Crippen LogP contribution in [0.15, 0.2) is 75.9 Å². The Kier molecular flexibility index (Phi) is 22.4. The monoisotopic (exact) mass is 1150 g/mol. The van der Waals surface area contributed by atoms with Crippen molar-refractivity contribution >= 4 is 47.0 Å². The Morgan fingerprint density at radius 2 is 1.11 bits per heavy atom. The first-order valence-corrected chi connectivity index (χ1v) is 28.5. The number of nitrogens with zero attached hydrogens (tertiary/aromatic N) is 4. The van der Waals surface area contributed by atoms with Crippen LogP contribution in [-0.2, 0) is 73.5 Å². The lowest BCUT2D eigenvalue weighted by molar-refractivity contribution is -0.135. The number of nitrogens with one attached hydrogen (secondary N) is 6. The molecule has 3 aliphatic rings. The molecule has 0 radical (unpaired) electrons. The van der Waals surface area contributed by atoms with Crippen LogP contribution in [0, 0.1) is 17.8 Å². The maximum atomic E-state index is 14.4. The summed E-state index contributed by atoms with van der Waals surface area (Å²) in [7, 11) is 1.37. The van der Waals surface area contributed by atoms with Crippen molar-refractivity contribution in [3.8, 4) is 0 Å². The highest BCUT2D eigenvalue weighted by molar-refractivity contribution is 6.01. The first-order valence-electron chi connectivity index (χ1n) is 28.5. The van der Waals surface area contributed by atoms with Crippen LogP contribution in [0.5, 0.6) is 0 Å². The van der Waals surface area contributed by atoms with Crippen molar-refractivity contribution in [2.75, 3.05) is 53.2 Å². The summed E-state index contributed by atoms with van der Waals surface area (Å²) in [5.74, 6) is -4.02. The van der Waals surface area contributed by atoms with E-state index >= 15 is 0 Å². The van der Waals surface area contributed by atoms with E-state index in [2.05, 4.69) is 52.1 Å². The van der Waals surface area contributed by atoms with Crippen molar-refractivity contribution in [3.05, 3.63) is 101 Å². The molecule has 7 rings (SSSR count). The molecule has 3 fully saturated rings. The fourth-order valence-corrected chi connectivity index (χ4v) is 9.78. The summed E-state index contributed by atoms with van der Waals surface area (Å²) in [6.07, 6.45) is 2.53. The summed E-state index contributed by atoms with van der Waals surface area (Å²) in [6.45, 7) is 16.2. The third-order valence-electron chi connectivity index (χ3n) is 14.5. The normalized spacial score (nSPS) is 19.8. The Hall–Kier alpha value is -7.25. The zero-order chi connectivity index (χ0) is 59.8. The molecule has 0 spiro atoms. The van der Waals surface area contributed by atoms with E-state index in [0.29, 0.717) is 50.7 Å². The summed E-state index contributed by atoms with van der Waals surface area (Å²) < 4.78 is 33.0. The predicted octanol–water partition coefficient (Wildman–Crippen LogP) is 2.62. The highest BCUT2D eigenvalue weighted by Gasteiger charge is 2.54. The molecular formula is C59H80N10O14. The fourth-order valence-electron chi connectivity index (χ4n) is 9.78. The molecule has 450 valence electrons. The molecule has 6 amide bonds. The molecule has 0 bridgehead atoms. The molecule has 0 aliphatic carbocycles. The standard InChI is InChI=1S/C59H80N10O14/c1-35(2)24-42(50(70)58(7)33-80-58)61-53(73)45(27-38-14-10-9-11-15-38)64-54(74)46(28-39-16-12-13-19-60-39)65-55(75)47-29-40(82-67-47)17-18-59(34-81-59)51(71)43(25-36(3)4)62-57(77)49(32-78-8)66-52(72)44(26-37(5)6)63-56(76)48-30-41(83-68-48)31-69-20-22-79-23-21-69/h9-16,19,29-30,35-37,42-46,49H,17-18,20-28,31-34H2,1-8H3,(H,61,73)(H,62,77)(H,63,76)(H,64,74)(H,65,75)(H,66,72)/t42?,43?,44?,45-,46?,49?,58+,59+/m0/s1. The molecule has 6 heterocycles. The molecule has 8 atom stereocenters. The number of morpholine rings is 1. The zero-order valence-electron chi connectivity index (χ0n) is 48.7. The van der Waals surface area contributed by atoms with Crippen LogP contribution < -0.4 is 31.9 Å². The van der Waals surface area contributed by atoms with Gasteiger partial charge in [-0.25, -0.2) is 0 Å². The van der Waals surface area contributed by atoms with E-state index < -0.39 is 88.7 Å². The summed E-state index contributed by atoms with van der Waals surface area (Å²) >= 11 is 0. The van der Waals surface area contributed by atoms with Crippen molar-refractivity contribution < 1.29 is 66.3 Å². The first-order chi connectivity index (χ1) is 39.6. The van der Waals surface area contributed by atoms with E-state index in [9.17, 15) is 38.4 Å². The maximum Gasteiger partial charge on any atom is 0.274 e. The quantitative estimate of drug-likeness (QED) is 0.0374. The van der Waals surface area contributed by atoms with Crippen molar-refractivity contribution in [1.82, 2.24) is 52.1 Å². The van der Waals surface area contributed by atoms with E-state index in [1.165, 1.54) is 19.2 Å². The average Bonchev–Trinajstić information content (AvgIpc) is 3.14. The highest BCUT2D eigenvalue weighted by atomic mass is 16.6. The number of ether oxygens (including phenoxy) is 4. The molecule has 1 aromatic carbocycles. The number of hydrogen-bond donors (Lipinski definition) is 6. The lowest BCUT2D eigenvalue weighted by Crippen LogP contribution is -2.58. The third-order valence-corrected chi connectivity index (χ3v) is 14.5. The fraction of sp³-hybridized carbons (Fsp3) is 0.576. The van der Waals surface area contributed by atoms with Gasteiger partial charge in [0, 0.05) is 63.5 Å². The van der Waals surface area contributed by atoms with E-state index in [4.69, 9.17) is 28.0 Å². The van der Waals surface area contributed by atoms with Crippen LogP contribution >= 0.6 is 0 Å². The molecule has 4 aromatic rings.